The normalized spacial score (nSPS) is 16.5. The summed E-state index contributed by atoms with van der Waals surface area (Å²) in [6.07, 6.45) is 2.49. The molecule has 0 saturated carbocycles. The number of fused-ring (bicyclic) bond motifs is 1. The van der Waals surface area contributed by atoms with Crippen molar-refractivity contribution in [3.8, 4) is 5.75 Å². The third-order valence-electron chi connectivity index (χ3n) is 4.89. The van der Waals surface area contributed by atoms with Gasteiger partial charge in [0.15, 0.2) is 0 Å². The monoisotopic (exact) mass is 389 g/mol. The number of aryl methyl sites for hydroxylation is 2. The average Bonchev–Trinajstić information content (AvgIpc) is 2.67. The number of ether oxygens (including phenoxy) is 2. The third kappa shape index (κ3) is 3.99. The molecule has 6 nitrogen and oxygen atoms in total. The number of nitrogens with one attached hydrogen (secondary N) is 1. The largest absolute Gasteiger partial charge is 0.497 e. The molecule has 0 fully saturated rings. The minimum atomic E-state index is -3.79. The Morgan fingerprint density at radius 1 is 1.15 bits per heavy atom. The Kier molecular flexibility index (Phi) is 5.53. The van der Waals surface area contributed by atoms with E-state index >= 15 is 0 Å². The standard InChI is InChI=1S/C20H23NO5S/c1-13-7-9-16(12-18(13)20(22)26-3)27(23,24)21-19-6-4-5-14-11-15(25-2)8-10-17(14)19/h7-12,19,21H,4-6H2,1-3H3/t19-/m0/s1. The number of esters is 1. The van der Waals surface area contributed by atoms with Gasteiger partial charge in [0.05, 0.1) is 24.7 Å². The van der Waals surface area contributed by atoms with Gasteiger partial charge in [-0.1, -0.05) is 12.1 Å². The Morgan fingerprint density at radius 2 is 1.93 bits per heavy atom. The number of hydrogen-bond acceptors (Lipinski definition) is 5. The van der Waals surface area contributed by atoms with E-state index in [9.17, 15) is 13.2 Å². The molecule has 2 aromatic carbocycles. The lowest BCUT2D eigenvalue weighted by molar-refractivity contribution is 0.0599. The first-order chi connectivity index (χ1) is 12.9. The lowest BCUT2D eigenvalue weighted by atomic mass is 9.88. The van der Waals surface area contributed by atoms with Gasteiger partial charge in [-0.2, -0.15) is 0 Å². The molecule has 0 aliphatic heterocycles. The van der Waals surface area contributed by atoms with E-state index in [1.54, 1.807) is 20.1 Å². The highest BCUT2D eigenvalue weighted by molar-refractivity contribution is 7.89. The van der Waals surface area contributed by atoms with E-state index in [1.807, 2.05) is 18.2 Å². The van der Waals surface area contributed by atoms with Gasteiger partial charge in [-0.15, -0.1) is 0 Å². The molecule has 27 heavy (non-hydrogen) atoms. The van der Waals surface area contributed by atoms with E-state index in [0.29, 0.717) is 12.0 Å². The fourth-order valence-electron chi connectivity index (χ4n) is 3.39. The van der Waals surface area contributed by atoms with Gasteiger partial charge in [-0.25, -0.2) is 17.9 Å². The average molecular weight is 389 g/mol. The summed E-state index contributed by atoms with van der Waals surface area (Å²) < 4.78 is 38.6. The topological polar surface area (TPSA) is 81.7 Å². The molecule has 0 bridgehead atoms. The molecule has 0 spiro atoms. The second kappa shape index (κ2) is 7.70. The highest BCUT2D eigenvalue weighted by atomic mass is 32.2. The van der Waals surface area contributed by atoms with Crippen molar-refractivity contribution in [2.75, 3.05) is 14.2 Å². The summed E-state index contributed by atoms with van der Waals surface area (Å²) in [6, 6.07) is 9.87. The molecule has 1 aliphatic carbocycles. The van der Waals surface area contributed by atoms with Crippen LogP contribution in [0.15, 0.2) is 41.3 Å². The summed E-state index contributed by atoms with van der Waals surface area (Å²) in [5.74, 6) is 0.207. The van der Waals surface area contributed by atoms with Crippen LogP contribution in [0.25, 0.3) is 0 Å². The molecule has 0 amide bonds. The van der Waals surface area contributed by atoms with Gasteiger partial charge in [0, 0.05) is 6.04 Å². The zero-order valence-corrected chi connectivity index (χ0v) is 16.4. The van der Waals surface area contributed by atoms with Gasteiger partial charge >= 0.3 is 5.97 Å². The summed E-state index contributed by atoms with van der Waals surface area (Å²) in [4.78, 5) is 11.9. The van der Waals surface area contributed by atoms with Crippen LogP contribution < -0.4 is 9.46 Å². The van der Waals surface area contributed by atoms with Crippen LogP contribution in [0.3, 0.4) is 0 Å². The molecule has 0 aromatic heterocycles. The first kappa shape index (κ1) is 19.4. The van der Waals surface area contributed by atoms with E-state index in [0.717, 1.165) is 29.7 Å². The van der Waals surface area contributed by atoms with Crippen LogP contribution in [-0.2, 0) is 21.2 Å². The van der Waals surface area contributed by atoms with Gasteiger partial charge in [-0.05, 0) is 67.1 Å². The Hall–Kier alpha value is -2.38. The van der Waals surface area contributed by atoms with Crippen LogP contribution >= 0.6 is 0 Å². The molecule has 0 saturated heterocycles. The first-order valence-corrected chi connectivity index (χ1v) is 10.2. The van der Waals surface area contributed by atoms with Crippen LogP contribution in [-0.4, -0.2) is 28.6 Å². The number of methoxy groups -OCH3 is 2. The molecule has 7 heteroatoms. The van der Waals surface area contributed by atoms with Crippen molar-refractivity contribution < 1.29 is 22.7 Å². The molecule has 1 aliphatic rings. The van der Waals surface area contributed by atoms with Crippen molar-refractivity contribution in [1.29, 1.82) is 0 Å². The van der Waals surface area contributed by atoms with Gasteiger partial charge in [0.1, 0.15) is 5.75 Å². The summed E-state index contributed by atoms with van der Waals surface area (Å²) in [5, 5.41) is 0. The van der Waals surface area contributed by atoms with Crippen molar-refractivity contribution in [3.05, 3.63) is 58.7 Å². The fraction of sp³-hybridized carbons (Fsp3) is 0.350. The van der Waals surface area contributed by atoms with Crippen molar-refractivity contribution >= 4 is 16.0 Å². The zero-order chi connectivity index (χ0) is 19.6. The number of carbonyl (C=O) groups is 1. The molecule has 1 atom stereocenters. The predicted molar refractivity (Wildman–Crippen MR) is 102 cm³/mol. The van der Waals surface area contributed by atoms with Gasteiger partial charge in [0.2, 0.25) is 10.0 Å². The number of hydrogen-bond donors (Lipinski definition) is 1. The second-order valence-electron chi connectivity index (χ2n) is 6.60. The lowest BCUT2D eigenvalue weighted by Gasteiger charge is -2.26. The zero-order valence-electron chi connectivity index (χ0n) is 15.6. The molecule has 144 valence electrons. The molecule has 0 radical (unpaired) electrons. The van der Waals surface area contributed by atoms with Crippen LogP contribution in [0.1, 0.15) is 45.9 Å². The maximum Gasteiger partial charge on any atom is 0.338 e. The maximum absolute atomic E-state index is 12.9. The van der Waals surface area contributed by atoms with E-state index in [2.05, 4.69) is 4.72 Å². The maximum atomic E-state index is 12.9. The fourth-order valence-corrected chi connectivity index (χ4v) is 4.67. The van der Waals surface area contributed by atoms with Crippen molar-refractivity contribution in [2.24, 2.45) is 0 Å². The van der Waals surface area contributed by atoms with Crippen molar-refractivity contribution in [2.45, 2.75) is 37.1 Å². The summed E-state index contributed by atoms with van der Waals surface area (Å²) in [5.41, 5.74) is 2.96. The van der Waals surface area contributed by atoms with Crippen LogP contribution in [0.4, 0.5) is 0 Å². The van der Waals surface area contributed by atoms with Crippen LogP contribution in [0.2, 0.25) is 0 Å². The van der Waals surface area contributed by atoms with Gasteiger partial charge in [0.25, 0.3) is 0 Å². The predicted octanol–water partition coefficient (Wildman–Crippen LogP) is 3.15. The number of benzene rings is 2. The Labute approximate surface area is 159 Å². The molecular formula is C20H23NO5S. The van der Waals surface area contributed by atoms with E-state index < -0.39 is 16.0 Å². The summed E-state index contributed by atoms with van der Waals surface area (Å²) >= 11 is 0. The van der Waals surface area contributed by atoms with Crippen LogP contribution in [0.5, 0.6) is 5.75 Å². The molecule has 0 heterocycles. The number of rotatable bonds is 5. The van der Waals surface area contributed by atoms with Crippen molar-refractivity contribution in [1.82, 2.24) is 4.72 Å². The highest BCUT2D eigenvalue weighted by Crippen LogP contribution is 2.33. The SMILES string of the molecule is COC(=O)c1cc(S(=O)(=O)N[C@H]2CCCc3cc(OC)ccc32)ccc1C. The first-order valence-electron chi connectivity index (χ1n) is 8.74. The van der Waals surface area contributed by atoms with Crippen LogP contribution in [0, 0.1) is 6.92 Å². The van der Waals surface area contributed by atoms with Gasteiger partial charge < -0.3 is 9.47 Å². The number of carbonyl (C=O) groups excluding carboxylic acids is 1. The molecule has 0 unspecified atom stereocenters. The molecular weight excluding hydrogens is 366 g/mol. The Bertz CT molecular complexity index is 968. The summed E-state index contributed by atoms with van der Waals surface area (Å²) in [7, 11) is -0.904. The smallest absolute Gasteiger partial charge is 0.338 e. The quantitative estimate of drug-likeness (QED) is 0.795. The van der Waals surface area contributed by atoms with Crippen molar-refractivity contribution in [3.63, 3.8) is 0 Å². The second-order valence-corrected chi connectivity index (χ2v) is 8.31. The van der Waals surface area contributed by atoms with E-state index in [4.69, 9.17) is 9.47 Å². The highest BCUT2D eigenvalue weighted by Gasteiger charge is 2.27. The Morgan fingerprint density at radius 3 is 2.63 bits per heavy atom. The summed E-state index contributed by atoms with van der Waals surface area (Å²) in [6.45, 7) is 1.74. The number of sulfonamides is 1. The molecule has 1 N–H and O–H groups in total. The molecule has 2 aromatic rings. The molecule has 3 rings (SSSR count). The van der Waals surface area contributed by atoms with E-state index in [-0.39, 0.29) is 16.5 Å². The lowest BCUT2D eigenvalue weighted by Crippen LogP contribution is -2.31. The minimum Gasteiger partial charge on any atom is -0.497 e. The Balaban J connectivity index is 1.91. The third-order valence-corrected chi connectivity index (χ3v) is 6.36. The van der Waals surface area contributed by atoms with Gasteiger partial charge in [-0.3, -0.25) is 0 Å². The minimum absolute atomic E-state index is 0.0501. The van der Waals surface area contributed by atoms with E-state index in [1.165, 1.54) is 19.2 Å².